The molecule has 0 aliphatic heterocycles. The molecule has 0 fully saturated rings. The van der Waals surface area contributed by atoms with Gasteiger partial charge in [-0.2, -0.15) is 0 Å². The van der Waals surface area contributed by atoms with E-state index in [1.807, 2.05) is 6.08 Å². The third-order valence-corrected chi connectivity index (χ3v) is 14.3. The first kappa shape index (κ1) is 75.1. The van der Waals surface area contributed by atoms with Crippen LogP contribution in [-0.2, 0) is 28.6 Å². The second kappa shape index (κ2) is 66.6. The summed E-state index contributed by atoms with van der Waals surface area (Å²) in [5.41, 5.74) is 0. The molecule has 0 bridgehead atoms. The van der Waals surface area contributed by atoms with E-state index >= 15 is 0 Å². The third-order valence-electron chi connectivity index (χ3n) is 14.3. The first-order chi connectivity index (χ1) is 39.0. The molecule has 0 aromatic carbocycles. The third kappa shape index (κ3) is 64.8. The Hall–Kier alpha value is -3.93. The van der Waals surface area contributed by atoms with Crippen LogP contribution in [0.25, 0.3) is 0 Å². The lowest BCUT2D eigenvalue weighted by atomic mass is 10.0. The molecule has 79 heavy (non-hydrogen) atoms. The van der Waals surface area contributed by atoms with E-state index in [1.165, 1.54) is 180 Å². The minimum atomic E-state index is -0.812. The first-order valence-corrected chi connectivity index (χ1v) is 33.4. The van der Waals surface area contributed by atoms with E-state index in [2.05, 4.69) is 124 Å². The number of rotatable bonds is 60. The highest BCUT2D eigenvalue weighted by Crippen LogP contribution is 2.17. The second-order valence-electron chi connectivity index (χ2n) is 22.0. The molecule has 0 saturated heterocycles. The highest BCUT2D eigenvalue weighted by molar-refractivity contribution is 5.71. The number of carbonyl (C=O) groups excluding carboxylic acids is 3. The Bertz CT molecular complexity index is 1590. The summed E-state index contributed by atoms with van der Waals surface area (Å²) in [6, 6.07) is 0. The van der Waals surface area contributed by atoms with Crippen LogP contribution >= 0.6 is 0 Å². The maximum absolute atomic E-state index is 12.9. The molecule has 0 radical (unpaired) electrons. The molecule has 0 aliphatic rings. The lowest BCUT2D eigenvalue weighted by molar-refractivity contribution is -0.166. The van der Waals surface area contributed by atoms with Crippen LogP contribution < -0.4 is 0 Å². The fourth-order valence-electron chi connectivity index (χ4n) is 9.33. The van der Waals surface area contributed by atoms with Crippen LogP contribution in [-0.4, -0.2) is 37.2 Å². The van der Waals surface area contributed by atoms with Gasteiger partial charge in [0.1, 0.15) is 13.2 Å². The Morgan fingerprint density at radius 2 is 0.519 bits per heavy atom. The number of ether oxygens (including phenoxy) is 3. The van der Waals surface area contributed by atoms with Crippen molar-refractivity contribution in [2.45, 2.75) is 322 Å². The Morgan fingerprint density at radius 3 is 0.861 bits per heavy atom. The minimum Gasteiger partial charge on any atom is -0.462 e. The molecular formula is C73H124O6. The smallest absolute Gasteiger partial charge is 0.306 e. The number of carbonyl (C=O) groups is 3. The minimum absolute atomic E-state index is 0.101. The maximum atomic E-state index is 12.9. The molecule has 0 aromatic heterocycles. The Morgan fingerprint density at radius 1 is 0.266 bits per heavy atom. The van der Waals surface area contributed by atoms with E-state index in [0.717, 1.165) is 89.9 Å². The van der Waals surface area contributed by atoms with E-state index in [9.17, 15) is 14.4 Å². The van der Waals surface area contributed by atoms with Gasteiger partial charge < -0.3 is 14.2 Å². The topological polar surface area (TPSA) is 78.9 Å². The fourth-order valence-corrected chi connectivity index (χ4v) is 9.33. The van der Waals surface area contributed by atoms with Crippen LogP contribution in [0.5, 0.6) is 0 Å². The van der Waals surface area contributed by atoms with Gasteiger partial charge in [0.15, 0.2) is 6.10 Å². The van der Waals surface area contributed by atoms with E-state index in [4.69, 9.17) is 14.2 Å². The van der Waals surface area contributed by atoms with E-state index in [-0.39, 0.29) is 37.5 Å². The van der Waals surface area contributed by atoms with Crippen molar-refractivity contribution in [3.8, 4) is 0 Å². The van der Waals surface area contributed by atoms with Gasteiger partial charge in [0, 0.05) is 19.3 Å². The van der Waals surface area contributed by atoms with Gasteiger partial charge in [-0.15, -0.1) is 0 Å². The van der Waals surface area contributed by atoms with Gasteiger partial charge in [0.2, 0.25) is 0 Å². The zero-order valence-corrected chi connectivity index (χ0v) is 51.9. The summed E-state index contributed by atoms with van der Waals surface area (Å²) in [4.78, 5) is 38.3. The lowest BCUT2D eigenvalue weighted by Gasteiger charge is -2.18. The molecular weight excluding hydrogens is 973 g/mol. The summed E-state index contributed by atoms with van der Waals surface area (Å²) in [7, 11) is 0. The van der Waals surface area contributed by atoms with Gasteiger partial charge in [0.25, 0.3) is 0 Å². The fraction of sp³-hybridized carbons (Fsp3) is 0.712. The number of esters is 3. The summed E-state index contributed by atoms with van der Waals surface area (Å²) in [5, 5.41) is 0. The number of allylic oxidation sites excluding steroid dienone is 18. The molecule has 0 spiro atoms. The van der Waals surface area contributed by atoms with Crippen molar-refractivity contribution in [3.63, 3.8) is 0 Å². The van der Waals surface area contributed by atoms with Crippen LogP contribution in [0.2, 0.25) is 0 Å². The Kier molecular flexibility index (Phi) is 63.3. The summed E-state index contributed by atoms with van der Waals surface area (Å²) in [5.74, 6) is -0.982. The van der Waals surface area contributed by atoms with Crippen LogP contribution in [0.3, 0.4) is 0 Å². The van der Waals surface area contributed by atoms with Crippen molar-refractivity contribution in [2.24, 2.45) is 0 Å². The number of hydrogen-bond donors (Lipinski definition) is 0. The van der Waals surface area contributed by atoms with E-state index < -0.39 is 6.10 Å². The molecule has 6 nitrogen and oxygen atoms in total. The normalized spacial score (nSPS) is 12.8. The molecule has 1 unspecified atom stereocenters. The quantitative estimate of drug-likeness (QED) is 0.0261. The van der Waals surface area contributed by atoms with Crippen molar-refractivity contribution < 1.29 is 28.6 Å². The molecule has 0 amide bonds. The van der Waals surface area contributed by atoms with E-state index in [0.29, 0.717) is 19.3 Å². The number of unbranched alkanes of at least 4 members (excludes halogenated alkanes) is 31. The molecule has 6 heteroatoms. The summed E-state index contributed by atoms with van der Waals surface area (Å²) in [6.07, 6.45) is 91.3. The maximum Gasteiger partial charge on any atom is 0.306 e. The zero-order chi connectivity index (χ0) is 57.1. The highest BCUT2D eigenvalue weighted by atomic mass is 16.6. The van der Waals surface area contributed by atoms with Crippen molar-refractivity contribution >= 4 is 17.9 Å². The SMILES string of the molecule is CC/C=C\C/C=C\C/C=C\C/C=C\CCCCCCCCCCCCC(=O)OC(COC(=O)CC/C=C\C/C=C\C/C=C\C/C=C\CC)COC(=O)CCCCCCCCCCCCCCC/C=C\CCCCCCCCCC. The highest BCUT2D eigenvalue weighted by Gasteiger charge is 2.19. The van der Waals surface area contributed by atoms with Crippen molar-refractivity contribution in [1.82, 2.24) is 0 Å². The second-order valence-corrected chi connectivity index (χ2v) is 22.0. The summed E-state index contributed by atoms with van der Waals surface area (Å²) in [6.45, 7) is 6.37. The van der Waals surface area contributed by atoms with Gasteiger partial charge >= 0.3 is 17.9 Å². The number of hydrogen-bond acceptors (Lipinski definition) is 6. The summed E-state index contributed by atoms with van der Waals surface area (Å²) >= 11 is 0. The van der Waals surface area contributed by atoms with Gasteiger partial charge in [-0.05, 0) is 109 Å². The zero-order valence-electron chi connectivity index (χ0n) is 51.9. The van der Waals surface area contributed by atoms with Crippen LogP contribution in [0.4, 0.5) is 0 Å². The van der Waals surface area contributed by atoms with E-state index in [1.54, 1.807) is 0 Å². The van der Waals surface area contributed by atoms with Crippen LogP contribution in [0, 0.1) is 0 Å². The lowest BCUT2D eigenvalue weighted by Crippen LogP contribution is -2.30. The predicted molar refractivity (Wildman–Crippen MR) is 343 cm³/mol. The Balaban J connectivity index is 4.33. The van der Waals surface area contributed by atoms with Gasteiger partial charge in [0.05, 0.1) is 0 Å². The van der Waals surface area contributed by atoms with Crippen molar-refractivity contribution in [2.75, 3.05) is 13.2 Å². The van der Waals surface area contributed by atoms with Gasteiger partial charge in [-0.1, -0.05) is 297 Å². The van der Waals surface area contributed by atoms with Crippen molar-refractivity contribution in [1.29, 1.82) is 0 Å². The van der Waals surface area contributed by atoms with Crippen LogP contribution in [0.1, 0.15) is 316 Å². The van der Waals surface area contributed by atoms with Crippen molar-refractivity contribution in [3.05, 3.63) is 109 Å². The average Bonchev–Trinajstić information content (AvgIpc) is 3.45. The molecule has 0 rings (SSSR count). The molecule has 1 atom stereocenters. The summed E-state index contributed by atoms with van der Waals surface area (Å²) < 4.78 is 16.9. The Labute approximate surface area is 489 Å². The average molecular weight is 1100 g/mol. The first-order valence-electron chi connectivity index (χ1n) is 33.4. The molecule has 452 valence electrons. The van der Waals surface area contributed by atoms with Gasteiger partial charge in [-0.25, -0.2) is 0 Å². The molecule has 0 aliphatic carbocycles. The van der Waals surface area contributed by atoms with Gasteiger partial charge in [-0.3, -0.25) is 14.4 Å². The molecule has 0 aromatic rings. The molecule has 0 N–H and O–H groups in total. The van der Waals surface area contributed by atoms with Crippen LogP contribution in [0.15, 0.2) is 109 Å². The standard InChI is InChI=1S/C73H124O6/c1-4-7-10-13-16-19-22-25-27-29-31-33-35-36-38-39-41-43-45-48-51-54-57-60-63-66-72(75)78-69-70(68-77-71(74)65-62-59-56-53-50-47-24-21-18-15-12-9-6-3)79-73(76)67-64-61-58-55-52-49-46-44-42-40-37-34-32-30-28-26-23-20-17-14-11-8-5-2/h8-9,11-12,17-18,20-21,26,28-29,31-32,34,47,50,56,59,70H,4-7,10,13-16,19,22-25,27,30,33,35-46,48-49,51-55,57-58,60-69H2,1-3H3/b11-8-,12-9-,20-17-,21-18-,28-26-,31-29-,34-32-,50-47-,59-56-. The predicted octanol–water partition coefficient (Wildman–Crippen LogP) is 23.0. The molecule has 0 heterocycles. The largest absolute Gasteiger partial charge is 0.462 e. The monoisotopic (exact) mass is 1100 g/mol. The molecule has 0 saturated carbocycles.